The molecule has 0 radical (unpaired) electrons. The smallest absolute Gasteiger partial charge is 0.313 e. The molecule has 18 heavy (non-hydrogen) atoms. The molecule has 0 fully saturated rings. The Bertz CT molecular complexity index is 532. The topological polar surface area (TPSA) is 24.9 Å². The first kappa shape index (κ1) is 12.8. The average Bonchev–Trinajstić information content (AvgIpc) is 2.34. The molecule has 2 rings (SSSR count). The quantitative estimate of drug-likeness (QED) is 0.907. The third kappa shape index (κ3) is 2.79. The molecule has 1 N–H and O–H groups in total. The molecule has 0 aliphatic rings. The molecule has 0 saturated carbocycles. The maximum Gasteiger partial charge on any atom is 0.390 e. The van der Waals surface area contributed by atoms with Gasteiger partial charge in [0.15, 0.2) is 0 Å². The summed E-state index contributed by atoms with van der Waals surface area (Å²) in [6.07, 6.45) is -1.83. The Hall–Kier alpha value is -1.62. The minimum atomic E-state index is -4.19. The van der Waals surface area contributed by atoms with E-state index in [1.165, 1.54) is 7.05 Å². The van der Waals surface area contributed by atoms with Gasteiger partial charge in [-0.1, -0.05) is 18.2 Å². The fourth-order valence-corrected chi connectivity index (χ4v) is 2.05. The molecule has 0 spiro atoms. The summed E-state index contributed by atoms with van der Waals surface area (Å²) in [5, 5.41) is 4.37. The Kier molecular flexibility index (Phi) is 3.52. The SMILES string of the molecule is CNC(CC(F)(F)F)c1cccc2cnccc12. The molecule has 2 nitrogen and oxygen atoms in total. The van der Waals surface area contributed by atoms with Crippen LogP contribution in [0.5, 0.6) is 0 Å². The lowest BCUT2D eigenvalue weighted by Crippen LogP contribution is -2.23. The van der Waals surface area contributed by atoms with Crippen LogP contribution >= 0.6 is 0 Å². The van der Waals surface area contributed by atoms with Crippen molar-refractivity contribution in [1.82, 2.24) is 10.3 Å². The number of alkyl halides is 3. The summed E-state index contributed by atoms with van der Waals surface area (Å²) in [5.74, 6) is 0. The summed E-state index contributed by atoms with van der Waals surface area (Å²) < 4.78 is 37.6. The van der Waals surface area contributed by atoms with Crippen LogP contribution in [0.1, 0.15) is 18.0 Å². The van der Waals surface area contributed by atoms with Gasteiger partial charge in [-0.05, 0) is 24.1 Å². The zero-order chi connectivity index (χ0) is 13.2. The molecule has 0 aliphatic carbocycles. The van der Waals surface area contributed by atoms with E-state index in [4.69, 9.17) is 0 Å². The van der Waals surface area contributed by atoms with E-state index in [-0.39, 0.29) is 0 Å². The summed E-state index contributed by atoms with van der Waals surface area (Å²) in [5.41, 5.74) is 0.648. The van der Waals surface area contributed by atoms with Crippen molar-refractivity contribution < 1.29 is 13.2 Å². The fourth-order valence-electron chi connectivity index (χ4n) is 2.05. The van der Waals surface area contributed by atoms with E-state index in [2.05, 4.69) is 10.3 Å². The van der Waals surface area contributed by atoms with Crippen LogP contribution in [0.2, 0.25) is 0 Å². The zero-order valence-corrected chi connectivity index (χ0v) is 9.83. The number of nitrogens with one attached hydrogen (secondary N) is 1. The first-order chi connectivity index (χ1) is 8.51. The van der Waals surface area contributed by atoms with Gasteiger partial charge in [0.2, 0.25) is 0 Å². The molecular weight excluding hydrogens is 241 g/mol. The molecule has 1 aromatic carbocycles. The third-order valence-corrected chi connectivity index (χ3v) is 2.87. The van der Waals surface area contributed by atoms with Crippen LogP contribution in [0.15, 0.2) is 36.7 Å². The minimum absolute atomic E-state index is 0.648. The lowest BCUT2D eigenvalue weighted by molar-refractivity contribution is -0.140. The van der Waals surface area contributed by atoms with Gasteiger partial charge in [-0.25, -0.2) is 0 Å². The van der Waals surface area contributed by atoms with Gasteiger partial charge in [0.25, 0.3) is 0 Å². The molecule has 5 heteroatoms. The maximum atomic E-state index is 12.5. The molecular formula is C13H13F3N2. The van der Waals surface area contributed by atoms with E-state index in [1.807, 2.05) is 6.07 Å². The number of benzene rings is 1. The van der Waals surface area contributed by atoms with Crippen molar-refractivity contribution in [1.29, 1.82) is 0 Å². The third-order valence-electron chi connectivity index (χ3n) is 2.87. The van der Waals surface area contributed by atoms with Crippen molar-refractivity contribution in [3.8, 4) is 0 Å². The van der Waals surface area contributed by atoms with Crippen molar-refractivity contribution in [2.45, 2.75) is 18.6 Å². The van der Waals surface area contributed by atoms with Crippen LogP contribution in [0.3, 0.4) is 0 Å². The second kappa shape index (κ2) is 4.94. The normalized spacial score (nSPS) is 13.8. The van der Waals surface area contributed by atoms with E-state index >= 15 is 0 Å². The lowest BCUT2D eigenvalue weighted by atomic mass is 9.98. The standard InChI is InChI=1S/C13H13F3N2/c1-17-12(7-13(14,15)16)11-4-2-3-9-8-18-6-5-10(9)11/h2-6,8,12,17H,7H2,1H3. The number of pyridine rings is 1. The summed E-state index contributed by atoms with van der Waals surface area (Å²) >= 11 is 0. The van der Waals surface area contributed by atoms with E-state index < -0.39 is 18.6 Å². The van der Waals surface area contributed by atoms with E-state index in [0.29, 0.717) is 5.56 Å². The zero-order valence-electron chi connectivity index (χ0n) is 9.83. The van der Waals surface area contributed by atoms with Crippen molar-refractivity contribution in [2.24, 2.45) is 0 Å². The molecule has 96 valence electrons. The monoisotopic (exact) mass is 254 g/mol. The number of halogens is 3. The molecule has 1 aromatic heterocycles. The first-order valence-electron chi connectivity index (χ1n) is 5.58. The van der Waals surface area contributed by atoms with Crippen LogP contribution in [0.4, 0.5) is 13.2 Å². The summed E-state index contributed by atoms with van der Waals surface area (Å²) in [7, 11) is 1.54. The van der Waals surface area contributed by atoms with Crippen LogP contribution in [-0.4, -0.2) is 18.2 Å². The molecule has 1 unspecified atom stereocenters. The maximum absolute atomic E-state index is 12.5. The molecule has 2 aromatic rings. The Morgan fingerprint density at radius 1 is 1.28 bits per heavy atom. The second-order valence-corrected chi connectivity index (χ2v) is 4.10. The van der Waals surface area contributed by atoms with Gasteiger partial charge < -0.3 is 5.32 Å². The lowest BCUT2D eigenvalue weighted by Gasteiger charge is -2.20. The number of rotatable bonds is 3. The minimum Gasteiger partial charge on any atom is -0.313 e. The van der Waals surface area contributed by atoms with Gasteiger partial charge in [0.1, 0.15) is 0 Å². The van der Waals surface area contributed by atoms with Crippen molar-refractivity contribution in [2.75, 3.05) is 7.05 Å². The van der Waals surface area contributed by atoms with Gasteiger partial charge in [-0.3, -0.25) is 4.98 Å². The highest BCUT2D eigenvalue weighted by Crippen LogP contribution is 2.32. The van der Waals surface area contributed by atoms with Gasteiger partial charge in [0, 0.05) is 23.8 Å². The summed E-state index contributed by atoms with van der Waals surface area (Å²) in [4.78, 5) is 3.97. The fraction of sp³-hybridized carbons (Fsp3) is 0.308. The van der Waals surface area contributed by atoms with E-state index in [0.717, 1.165) is 10.8 Å². The van der Waals surface area contributed by atoms with E-state index in [1.54, 1.807) is 30.6 Å². The number of hydrogen-bond acceptors (Lipinski definition) is 2. The second-order valence-electron chi connectivity index (χ2n) is 4.10. The van der Waals surface area contributed by atoms with Crippen LogP contribution in [-0.2, 0) is 0 Å². The van der Waals surface area contributed by atoms with Crippen LogP contribution in [0.25, 0.3) is 10.8 Å². The van der Waals surface area contributed by atoms with Crippen LogP contribution in [0, 0.1) is 0 Å². The Morgan fingerprint density at radius 2 is 2.06 bits per heavy atom. The average molecular weight is 254 g/mol. The molecule has 0 saturated heterocycles. The van der Waals surface area contributed by atoms with Crippen molar-refractivity contribution >= 4 is 10.8 Å². The van der Waals surface area contributed by atoms with Crippen molar-refractivity contribution in [3.63, 3.8) is 0 Å². The Labute approximate surface area is 103 Å². The largest absolute Gasteiger partial charge is 0.390 e. The van der Waals surface area contributed by atoms with Gasteiger partial charge in [-0.2, -0.15) is 13.2 Å². The summed E-state index contributed by atoms with van der Waals surface area (Å²) in [6.45, 7) is 0. The van der Waals surface area contributed by atoms with Gasteiger partial charge >= 0.3 is 6.18 Å². The Balaban J connectivity index is 2.45. The van der Waals surface area contributed by atoms with Gasteiger partial charge in [0.05, 0.1) is 6.42 Å². The van der Waals surface area contributed by atoms with Gasteiger partial charge in [-0.15, -0.1) is 0 Å². The highest BCUT2D eigenvalue weighted by atomic mass is 19.4. The Morgan fingerprint density at radius 3 is 2.72 bits per heavy atom. The number of nitrogens with zero attached hydrogens (tertiary/aromatic N) is 1. The predicted octanol–water partition coefficient (Wildman–Crippen LogP) is 3.45. The number of hydrogen-bond donors (Lipinski definition) is 1. The predicted molar refractivity (Wildman–Crippen MR) is 64.2 cm³/mol. The molecule has 0 aliphatic heterocycles. The highest BCUT2D eigenvalue weighted by molar-refractivity contribution is 5.85. The first-order valence-corrected chi connectivity index (χ1v) is 5.58. The van der Waals surface area contributed by atoms with Crippen LogP contribution < -0.4 is 5.32 Å². The molecule has 0 amide bonds. The van der Waals surface area contributed by atoms with Crippen molar-refractivity contribution in [3.05, 3.63) is 42.2 Å². The highest BCUT2D eigenvalue weighted by Gasteiger charge is 2.32. The molecule has 1 heterocycles. The molecule has 0 bridgehead atoms. The van der Waals surface area contributed by atoms with E-state index in [9.17, 15) is 13.2 Å². The number of fused-ring (bicyclic) bond motifs is 1. The molecule has 1 atom stereocenters. The summed E-state index contributed by atoms with van der Waals surface area (Å²) in [6, 6.07) is 6.31. The number of aromatic nitrogens is 1.